The number of anilines is 1. The van der Waals surface area contributed by atoms with Crippen molar-refractivity contribution in [3.05, 3.63) is 65.7 Å². The van der Waals surface area contributed by atoms with E-state index in [-0.39, 0.29) is 10.9 Å². The predicted octanol–water partition coefficient (Wildman–Crippen LogP) is 5.86. The molecule has 10 heteroatoms. The lowest BCUT2D eigenvalue weighted by Crippen LogP contribution is -2.44. The van der Waals surface area contributed by atoms with Gasteiger partial charge in [0.15, 0.2) is 0 Å². The van der Waals surface area contributed by atoms with Crippen LogP contribution < -0.4 is 4.90 Å². The number of fused-ring (bicyclic) bond motifs is 1. The van der Waals surface area contributed by atoms with Crippen molar-refractivity contribution < 1.29 is 35.9 Å². The molecule has 0 fully saturated rings. The first-order valence-electron chi connectivity index (χ1n) is 8.23. The van der Waals surface area contributed by atoms with Crippen molar-refractivity contribution in [2.24, 2.45) is 7.05 Å². The fourth-order valence-electron chi connectivity index (χ4n) is 2.82. The van der Waals surface area contributed by atoms with Crippen molar-refractivity contribution in [3.63, 3.8) is 0 Å². The number of aryl methyl sites for hydroxylation is 1. The zero-order valence-electron chi connectivity index (χ0n) is 14.9. The van der Waals surface area contributed by atoms with Crippen LogP contribution in [0, 0.1) is 0 Å². The second kappa shape index (κ2) is 7.34. The molecule has 0 N–H and O–H groups in total. The number of nitrogens with zero attached hydrogens (tertiary/aromatic N) is 2. The van der Waals surface area contributed by atoms with Crippen LogP contribution in [-0.2, 0) is 24.6 Å². The lowest BCUT2D eigenvalue weighted by atomic mass is 10.1. The second-order valence-electron chi connectivity index (χ2n) is 6.18. The molecule has 0 aliphatic rings. The van der Waals surface area contributed by atoms with Crippen LogP contribution in [0.2, 0.25) is 0 Å². The van der Waals surface area contributed by atoms with Crippen molar-refractivity contribution in [1.29, 1.82) is 0 Å². The fourth-order valence-corrected chi connectivity index (χ4v) is 2.82. The van der Waals surface area contributed by atoms with Gasteiger partial charge in [0.2, 0.25) is 0 Å². The molecular formula is C19H14F6N2O2. The summed E-state index contributed by atoms with van der Waals surface area (Å²) in [6.07, 6.45) is -11.5. The van der Waals surface area contributed by atoms with Gasteiger partial charge in [-0.3, -0.25) is 0 Å². The molecule has 0 atom stereocenters. The number of hydrogen-bond acceptors (Lipinski definition) is 2. The van der Waals surface area contributed by atoms with Crippen molar-refractivity contribution in [3.8, 4) is 0 Å². The molecule has 154 valence electrons. The lowest BCUT2D eigenvalue weighted by molar-refractivity contribution is -0.137. The Morgan fingerprint density at radius 2 is 1.66 bits per heavy atom. The Morgan fingerprint density at radius 1 is 1.00 bits per heavy atom. The van der Waals surface area contributed by atoms with Gasteiger partial charge in [0.25, 0.3) is 0 Å². The maximum absolute atomic E-state index is 13.6. The van der Waals surface area contributed by atoms with Gasteiger partial charge in [0.05, 0.1) is 5.56 Å². The van der Waals surface area contributed by atoms with Gasteiger partial charge in [-0.15, -0.1) is 13.2 Å². The van der Waals surface area contributed by atoms with Crippen molar-refractivity contribution in [2.45, 2.75) is 19.1 Å². The normalized spacial score (nSPS) is 12.2. The summed E-state index contributed by atoms with van der Waals surface area (Å²) in [5.41, 5.74) is -0.641. The zero-order valence-corrected chi connectivity index (χ0v) is 14.9. The van der Waals surface area contributed by atoms with Crippen LogP contribution >= 0.6 is 0 Å². The van der Waals surface area contributed by atoms with Crippen molar-refractivity contribution >= 4 is 22.8 Å². The molecule has 0 saturated heterocycles. The summed E-state index contributed by atoms with van der Waals surface area (Å²) in [6, 6.07) is 11.6. The van der Waals surface area contributed by atoms with Gasteiger partial charge in [-0.2, -0.15) is 18.1 Å². The van der Waals surface area contributed by atoms with Gasteiger partial charge in [-0.1, -0.05) is 36.4 Å². The highest BCUT2D eigenvalue weighted by molar-refractivity contribution is 5.93. The van der Waals surface area contributed by atoms with Crippen molar-refractivity contribution in [1.82, 2.24) is 4.57 Å². The second-order valence-corrected chi connectivity index (χ2v) is 6.18. The van der Waals surface area contributed by atoms with Gasteiger partial charge >= 0.3 is 18.6 Å². The first-order chi connectivity index (χ1) is 13.5. The zero-order chi connectivity index (χ0) is 21.4. The van der Waals surface area contributed by atoms with E-state index in [0.29, 0.717) is 5.56 Å². The highest BCUT2D eigenvalue weighted by Gasteiger charge is 2.45. The van der Waals surface area contributed by atoms with E-state index in [1.807, 2.05) is 0 Å². The molecular weight excluding hydrogens is 402 g/mol. The molecule has 1 aromatic heterocycles. The standard InChI is InChI=1S/C19H14F6N2O2/c1-26-15-10-14(18(20,21)22)8-7-13(15)9-16(26)27(19(23,24)25)17(28)29-11-12-5-3-2-4-6-12/h2-10H,11H2,1H3. The third-order valence-corrected chi connectivity index (χ3v) is 4.22. The summed E-state index contributed by atoms with van der Waals surface area (Å²) in [6.45, 7) is -0.394. The molecule has 0 spiro atoms. The number of carbonyl (C=O) groups excluding carboxylic acids is 1. The minimum atomic E-state index is -5.15. The first-order valence-corrected chi connectivity index (χ1v) is 8.23. The molecule has 0 aliphatic carbocycles. The average molecular weight is 416 g/mol. The third kappa shape index (κ3) is 4.30. The number of aromatic nitrogens is 1. The summed E-state index contributed by atoms with van der Waals surface area (Å²) in [5, 5.41) is 0.112. The number of rotatable bonds is 3. The Hall–Kier alpha value is -3.17. The highest BCUT2D eigenvalue weighted by atomic mass is 19.4. The molecule has 3 aromatic rings. The fraction of sp³-hybridized carbons (Fsp3) is 0.211. The lowest BCUT2D eigenvalue weighted by Gasteiger charge is -2.24. The van der Waals surface area contributed by atoms with E-state index in [0.717, 1.165) is 35.9 Å². The number of hydrogen-bond donors (Lipinski definition) is 0. The van der Waals surface area contributed by atoms with Crippen LogP contribution in [0.15, 0.2) is 54.6 Å². The van der Waals surface area contributed by atoms with Crippen LogP contribution in [0.5, 0.6) is 0 Å². The molecule has 4 nitrogen and oxygen atoms in total. The largest absolute Gasteiger partial charge is 0.495 e. The molecule has 29 heavy (non-hydrogen) atoms. The summed E-state index contributed by atoms with van der Waals surface area (Å²) in [5.74, 6) is -0.662. The van der Waals surface area contributed by atoms with E-state index in [1.54, 1.807) is 30.3 Å². The molecule has 0 aliphatic heterocycles. The van der Waals surface area contributed by atoms with E-state index in [1.165, 1.54) is 0 Å². The van der Waals surface area contributed by atoms with E-state index in [4.69, 9.17) is 4.74 Å². The van der Waals surface area contributed by atoms with Crippen LogP contribution in [0.25, 0.3) is 10.9 Å². The van der Waals surface area contributed by atoms with Crippen LogP contribution in [0.1, 0.15) is 11.1 Å². The molecule has 0 saturated carbocycles. The number of alkyl halides is 6. The van der Waals surface area contributed by atoms with Crippen molar-refractivity contribution in [2.75, 3.05) is 4.90 Å². The number of carbonyl (C=O) groups is 1. The summed E-state index contributed by atoms with van der Waals surface area (Å²) < 4.78 is 85.2. The Kier molecular flexibility index (Phi) is 5.20. The Morgan fingerprint density at radius 3 is 2.24 bits per heavy atom. The number of benzene rings is 2. The van der Waals surface area contributed by atoms with Gasteiger partial charge in [0, 0.05) is 18.0 Å². The minimum Gasteiger partial charge on any atom is -0.444 e. The van der Waals surface area contributed by atoms with Crippen LogP contribution in [-0.4, -0.2) is 17.0 Å². The van der Waals surface area contributed by atoms with Gasteiger partial charge in [-0.25, -0.2) is 4.79 Å². The van der Waals surface area contributed by atoms with Gasteiger partial charge < -0.3 is 9.30 Å². The molecule has 1 heterocycles. The molecule has 0 radical (unpaired) electrons. The topological polar surface area (TPSA) is 34.5 Å². The Labute approximate surface area is 160 Å². The van der Waals surface area contributed by atoms with E-state index < -0.39 is 41.5 Å². The number of ether oxygens (including phenoxy) is 1. The summed E-state index contributed by atoms with van der Waals surface area (Å²) >= 11 is 0. The third-order valence-electron chi connectivity index (χ3n) is 4.22. The maximum atomic E-state index is 13.6. The van der Waals surface area contributed by atoms with Crippen LogP contribution in [0.3, 0.4) is 0 Å². The molecule has 1 amide bonds. The molecule has 3 rings (SSSR count). The maximum Gasteiger partial charge on any atom is 0.495 e. The van der Waals surface area contributed by atoms with E-state index >= 15 is 0 Å². The van der Waals surface area contributed by atoms with Crippen LogP contribution in [0.4, 0.5) is 37.0 Å². The quantitative estimate of drug-likeness (QED) is 0.396. The minimum absolute atomic E-state index is 0.111. The number of amides is 1. The smallest absolute Gasteiger partial charge is 0.444 e. The molecule has 2 aromatic carbocycles. The van der Waals surface area contributed by atoms with Gasteiger partial charge in [0.1, 0.15) is 12.4 Å². The molecule has 0 bridgehead atoms. The van der Waals surface area contributed by atoms with E-state index in [9.17, 15) is 31.1 Å². The monoisotopic (exact) mass is 416 g/mol. The SMILES string of the molecule is Cn1c(N(C(=O)OCc2ccccc2)C(F)(F)F)cc2ccc(C(F)(F)F)cc21. The first kappa shape index (κ1) is 20.6. The number of halogens is 6. The average Bonchev–Trinajstić information content (AvgIpc) is 2.95. The van der Waals surface area contributed by atoms with Gasteiger partial charge in [-0.05, 0) is 23.8 Å². The van der Waals surface area contributed by atoms with E-state index in [2.05, 4.69) is 0 Å². The summed E-state index contributed by atoms with van der Waals surface area (Å²) in [7, 11) is 1.14. The Balaban J connectivity index is 1.97. The summed E-state index contributed by atoms with van der Waals surface area (Å²) in [4.78, 5) is 11.7. The predicted molar refractivity (Wildman–Crippen MR) is 93.1 cm³/mol. The molecule has 0 unspecified atom stereocenters. The Bertz CT molecular complexity index is 1020. The highest BCUT2D eigenvalue weighted by Crippen LogP contribution is 2.36.